The van der Waals surface area contributed by atoms with Crippen LogP contribution in [0.5, 0.6) is 11.5 Å². The van der Waals surface area contributed by atoms with Gasteiger partial charge in [-0.15, -0.1) is 13.2 Å². The van der Waals surface area contributed by atoms with Crippen LogP contribution < -0.4 is 9.47 Å². The summed E-state index contributed by atoms with van der Waals surface area (Å²) in [4.78, 5) is 0. The highest BCUT2D eigenvalue weighted by atomic mass is 16.5. The molecule has 0 heterocycles. The maximum absolute atomic E-state index is 5.59. The van der Waals surface area contributed by atoms with Gasteiger partial charge in [0.05, 0.1) is 13.2 Å². The van der Waals surface area contributed by atoms with E-state index in [0.29, 0.717) is 0 Å². The van der Waals surface area contributed by atoms with Crippen molar-refractivity contribution in [1.82, 2.24) is 0 Å². The molecule has 0 aromatic heterocycles. The topological polar surface area (TPSA) is 18.5 Å². The van der Waals surface area contributed by atoms with Crippen LogP contribution in [0, 0.1) is 0 Å². The van der Waals surface area contributed by atoms with E-state index in [2.05, 4.69) is 13.2 Å². The molecule has 1 aromatic rings. The summed E-state index contributed by atoms with van der Waals surface area (Å²) >= 11 is 0. The quantitative estimate of drug-likeness (QED) is 0.450. The summed E-state index contributed by atoms with van der Waals surface area (Å²) in [6, 6.07) is 7.76. The second-order valence-corrected chi connectivity index (χ2v) is 4.03. The summed E-state index contributed by atoms with van der Waals surface area (Å²) in [6.07, 6.45) is 7.80. The van der Waals surface area contributed by atoms with Crippen LogP contribution in [0.4, 0.5) is 0 Å². The minimum Gasteiger partial charge on any atom is -0.494 e. The second-order valence-electron chi connectivity index (χ2n) is 4.03. The first-order valence-electron chi connectivity index (χ1n) is 6.44. The minimum atomic E-state index is 0.728. The van der Waals surface area contributed by atoms with Crippen molar-refractivity contribution in [2.24, 2.45) is 0 Å². The van der Waals surface area contributed by atoms with Crippen LogP contribution in [-0.4, -0.2) is 13.2 Å². The number of ether oxygens (including phenoxy) is 2. The lowest BCUT2D eigenvalue weighted by Crippen LogP contribution is -1.98. The van der Waals surface area contributed by atoms with Gasteiger partial charge in [-0.05, 0) is 49.9 Å². The molecule has 0 atom stereocenters. The van der Waals surface area contributed by atoms with E-state index in [1.165, 1.54) is 0 Å². The Morgan fingerprint density at radius 2 is 1.17 bits per heavy atom. The lowest BCUT2D eigenvalue weighted by Gasteiger charge is -2.08. The summed E-state index contributed by atoms with van der Waals surface area (Å²) in [5.74, 6) is 1.77. The third-order valence-corrected chi connectivity index (χ3v) is 2.47. The van der Waals surface area contributed by atoms with E-state index >= 15 is 0 Å². The van der Waals surface area contributed by atoms with E-state index < -0.39 is 0 Å². The van der Waals surface area contributed by atoms with Gasteiger partial charge in [-0.25, -0.2) is 0 Å². The van der Waals surface area contributed by atoms with Gasteiger partial charge in [0, 0.05) is 0 Å². The summed E-state index contributed by atoms with van der Waals surface area (Å²) in [6.45, 7) is 8.82. The van der Waals surface area contributed by atoms with Crippen LogP contribution in [0.25, 0.3) is 0 Å². The molecule has 0 saturated heterocycles. The Morgan fingerprint density at radius 3 is 1.50 bits per heavy atom. The molecule has 0 bridgehead atoms. The van der Waals surface area contributed by atoms with Crippen molar-refractivity contribution in [2.45, 2.75) is 25.7 Å². The summed E-state index contributed by atoms with van der Waals surface area (Å²) in [5, 5.41) is 0. The Kier molecular flexibility index (Phi) is 7.45. The summed E-state index contributed by atoms with van der Waals surface area (Å²) in [7, 11) is 0. The van der Waals surface area contributed by atoms with Gasteiger partial charge >= 0.3 is 0 Å². The first kappa shape index (κ1) is 14.4. The van der Waals surface area contributed by atoms with Crippen LogP contribution in [0.3, 0.4) is 0 Å². The first-order valence-corrected chi connectivity index (χ1v) is 6.44. The number of allylic oxidation sites excluding steroid dienone is 2. The molecule has 0 unspecified atom stereocenters. The standard InChI is InChI=1S/C16H22O2/c1-3-5-7-13-17-15-9-11-16(12-10-15)18-14-8-6-4-2/h3-4,9-12H,1-2,5-8,13-14H2. The molecule has 0 amide bonds. The fraction of sp³-hybridized carbons (Fsp3) is 0.375. The maximum Gasteiger partial charge on any atom is 0.119 e. The summed E-state index contributed by atoms with van der Waals surface area (Å²) in [5.41, 5.74) is 0. The molecule has 0 aliphatic rings. The zero-order valence-corrected chi connectivity index (χ0v) is 10.9. The van der Waals surface area contributed by atoms with E-state index in [1.807, 2.05) is 36.4 Å². The molecule has 0 aliphatic heterocycles. The Labute approximate surface area is 110 Å². The molecular formula is C16H22O2. The molecule has 1 rings (SSSR count). The minimum absolute atomic E-state index is 0.728. The van der Waals surface area contributed by atoms with Gasteiger partial charge in [-0.3, -0.25) is 0 Å². The highest BCUT2D eigenvalue weighted by molar-refractivity contribution is 5.31. The maximum atomic E-state index is 5.59. The van der Waals surface area contributed by atoms with Crippen molar-refractivity contribution in [3.63, 3.8) is 0 Å². The molecule has 0 spiro atoms. The predicted molar refractivity (Wildman–Crippen MR) is 76.3 cm³/mol. The third-order valence-electron chi connectivity index (χ3n) is 2.47. The number of benzene rings is 1. The molecule has 0 fully saturated rings. The number of unbranched alkanes of at least 4 members (excludes halogenated alkanes) is 2. The highest BCUT2D eigenvalue weighted by Gasteiger charge is 1.96. The molecule has 2 heteroatoms. The fourth-order valence-corrected chi connectivity index (χ4v) is 1.47. The van der Waals surface area contributed by atoms with Crippen LogP contribution in [0.15, 0.2) is 49.6 Å². The molecule has 18 heavy (non-hydrogen) atoms. The fourth-order valence-electron chi connectivity index (χ4n) is 1.47. The number of rotatable bonds is 10. The van der Waals surface area contributed by atoms with Crippen molar-refractivity contribution in [2.75, 3.05) is 13.2 Å². The molecule has 0 saturated carbocycles. The van der Waals surface area contributed by atoms with Crippen molar-refractivity contribution in [3.05, 3.63) is 49.6 Å². The molecule has 0 aliphatic carbocycles. The van der Waals surface area contributed by atoms with Crippen molar-refractivity contribution >= 4 is 0 Å². The van der Waals surface area contributed by atoms with Crippen LogP contribution >= 0.6 is 0 Å². The SMILES string of the molecule is C=CCCCOc1ccc(OCCCC=C)cc1. The van der Waals surface area contributed by atoms with E-state index in [-0.39, 0.29) is 0 Å². The smallest absolute Gasteiger partial charge is 0.119 e. The molecule has 2 nitrogen and oxygen atoms in total. The predicted octanol–water partition coefficient (Wildman–Crippen LogP) is 4.38. The zero-order valence-electron chi connectivity index (χ0n) is 10.9. The molecule has 98 valence electrons. The Balaban J connectivity index is 2.24. The van der Waals surface area contributed by atoms with E-state index in [9.17, 15) is 0 Å². The van der Waals surface area contributed by atoms with Gasteiger partial charge in [-0.2, -0.15) is 0 Å². The molecule has 0 N–H and O–H groups in total. The van der Waals surface area contributed by atoms with Gasteiger partial charge in [0.25, 0.3) is 0 Å². The molecular weight excluding hydrogens is 224 g/mol. The first-order chi connectivity index (χ1) is 8.86. The normalized spacial score (nSPS) is 9.78. The van der Waals surface area contributed by atoms with Gasteiger partial charge in [0.1, 0.15) is 11.5 Å². The van der Waals surface area contributed by atoms with Crippen molar-refractivity contribution < 1.29 is 9.47 Å². The van der Waals surface area contributed by atoms with E-state index in [0.717, 1.165) is 50.4 Å². The van der Waals surface area contributed by atoms with Gasteiger partial charge in [-0.1, -0.05) is 12.2 Å². The Morgan fingerprint density at radius 1 is 0.778 bits per heavy atom. The second kappa shape index (κ2) is 9.34. The monoisotopic (exact) mass is 246 g/mol. The van der Waals surface area contributed by atoms with Gasteiger partial charge in [0.15, 0.2) is 0 Å². The largest absolute Gasteiger partial charge is 0.494 e. The third kappa shape index (κ3) is 6.14. The van der Waals surface area contributed by atoms with Crippen molar-refractivity contribution in [1.29, 1.82) is 0 Å². The van der Waals surface area contributed by atoms with Crippen LogP contribution in [0.1, 0.15) is 25.7 Å². The van der Waals surface area contributed by atoms with Crippen LogP contribution in [0.2, 0.25) is 0 Å². The average molecular weight is 246 g/mol. The number of hydrogen-bond donors (Lipinski definition) is 0. The van der Waals surface area contributed by atoms with Crippen molar-refractivity contribution in [3.8, 4) is 11.5 Å². The van der Waals surface area contributed by atoms with Gasteiger partial charge in [0.2, 0.25) is 0 Å². The lowest BCUT2D eigenvalue weighted by molar-refractivity contribution is 0.303. The lowest BCUT2D eigenvalue weighted by atomic mass is 10.3. The zero-order chi connectivity index (χ0) is 13.1. The Bertz CT molecular complexity index is 306. The van der Waals surface area contributed by atoms with Crippen LogP contribution in [-0.2, 0) is 0 Å². The number of hydrogen-bond acceptors (Lipinski definition) is 2. The van der Waals surface area contributed by atoms with E-state index in [4.69, 9.17) is 9.47 Å². The van der Waals surface area contributed by atoms with Gasteiger partial charge < -0.3 is 9.47 Å². The average Bonchev–Trinajstić information content (AvgIpc) is 2.41. The van der Waals surface area contributed by atoms with E-state index in [1.54, 1.807) is 0 Å². The Hall–Kier alpha value is -1.70. The molecule has 1 aromatic carbocycles. The summed E-state index contributed by atoms with van der Waals surface area (Å²) < 4.78 is 11.2. The molecule has 0 radical (unpaired) electrons. The highest BCUT2D eigenvalue weighted by Crippen LogP contribution is 2.18.